The third kappa shape index (κ3) is 3.44. The smallest absolute Gasteiger partial charge is 0.0340 e. The lowest BCUT2D eigenvalue weighted by Crippen LogP contribution is -2.13. The maximum Gasteiger partial charge on any atom is 0.0340 e. The summed E-state index contributed by atoms with van der Waals surface area (Å²) >= 11 is 0. The molecule has 1 aromatic rings. The quantitative estimate of drug-likeness (QED) is 0.619. The lowest BCUT2D eigenvalue weighted by molar-refractivity contribution is 0.968. The van der Waals surface area contributed by atoms with Crippen LogP contribution in [0.15, 0.2) is 24.3 Å². The van der Waals surface area contributed by atoms with E-state index in [1.165, 1.54) is 5.56 Å². The molecule has 0 amide bonds. The molecule has 0 atom stereocenters. The summed E-state index contributed by atoms with van der Waals surface area (Å²) in [5.41, 5.74) is 13.2. The molecule has 3 heteroatoms. The van der Waals surface area contributed by atoms with Crippen molar-refractivity contribution in [3.05, 3.63) is 29.8 Å². The third-order valence-corrected chi connectivity index (χ3v) is 1.86. The first kappa shape index (κ1) is 10.0. The molecule has 1 rings (SSSR count). The monoisotopic (exact) mass is 179 g/mol. The van der Waals surface area contributed by atoms with Gasteiger partial charge in [0.2, 0.25) is 0 Å². The van der Waals surface area contributed by atoms with E-state index in [0.717, 1.165) is 18.7 Å². The highest BCUT2D eigenvalue weighted by Gasteiger charge is 1.92. The van der Waals surface area contributed by atoms with Crippen LogP contribution in [-0.4, -0.2) is 19.6 Å². The molecule has 0 aliphatic heterocycles. The van der Waals surface area contributed by atoms with Crippen LogP contribution in [0.2, 0.25) is 0 Å². The zero-order chi connectivity index (χ0) is 9.52. The molecular formula is C10H17N3. The fourth-order valence-electron chi connectivity index (χ4n) is 1.17. The van der Waals surface area contributed by atoms with Gasteiger partial charge in [-0.2, -0.15) is 0 Å². The minimum absolute atomic E-state index is 0.657. The van der Waals surface area contributed by atoms with Crippen molar-refractivity contribution in [2.24, 2.45) is 11.5 Å². The van der Waals surface area contributed by atoms with Crippen LogP contribution in [0.1, 0.15) is 5.56 Å². The van der Waals surface area contributed by atoms with Gasteiger partial charge in [-0.15, -0.1) is 0 Å². The number of nitrogens with two attached hydrogens (primary N) is 2. The van der Waals surface area contributed by atoms with Gasteiger partial charge < -0.3 is 16.8 Å². The van der Waals surface area contributed by atoms with Gasteiger partial charge in [-0.3, -0.25) is 0 Å². The second-order valence-electron chi connectivity index (χ2n) is 2.95. The molecular weight excluding hydrogens is 162 g/mol. The second-order valence-corrected chi connectivity index (χ2v) is 2.95. The Morgan fingerprint density at radius 1 is 1.00 bits per heavy atom. The Balaban J connectivity index is 2.48. The van der Waals surface area contributed by atoms with E-state index in [1.54, 1.807) is 0 Å². The molecule has 0 aliphatic rings. The van der Waals surface area contributed by atoms with Crippen molar-refractivity contribution in [1.82, 2.24) is 0 Å². The van der Waals surface area contributed by atoms with Crippen molar-refractivity contribution < 1.29 is 0 Å². The predicted octanol–water partition coefficient (Wildman–Crippen LogP) is 0.558. The molecule has 13 heavy (non-hydrogen) atoms. The Morgan fingerprint density at radius 3 is 2.23 bits per heavy atom. The van der Waals surface area contributed by atoms with Crippen LogP contribution in [0.5, 0.6) is 0 Å². The zero-order valence-electron chi connectivity index (χ0n) is 7.79. The van der Waals surface area contributed by atoms with E-state index >= 15 is 0 Å². The molecule has 0 bridgehead atoms. The van der Waals surface area contributed by atoms with Gasteiger partial charge >= 0.3 is 0 Å². The maximum absolute atomic E-state index is 5.45. The van der Waals surface area contributed by atoms with Crippen LogP contribution in [0, 0.1) is 0 Å². The van der Waals surface area contributed by atoms with Gasteiger partial charge in [0.15, 0.2) is 0 Å². The average molecular weight is 179 g/mol. The number of nitrogens with one attached hydrogen (secondary N) is 1. The molecule has 0 aromatic heterocycles. The Kier molecular flexibility index (Phi) is 4.29. The van der Waals surface area contributed by atoms with Gasteiger partial charge in [0.1, 0.15) is 0 Å². The van der Waals surface area contributed by atoms with Crippen LogP contribution in [-0.2, 0) is 6.42 Å². The highest BCUT2D eigenvalue weighted by molar-refractivity contribution is 5.44. The van der Waals surface area contributed by atoms with Crippen LogP contribution in [0.25, 0.3) is 0 Å². The normalized spacial score (nSPS) is 10.0. The van der Waals surface area contributed by atoms with Gasteiger partial charge in [-0.25, -0.2) is 0 Å². The highest BCUT2D eigenvalue weighted by atomic mass is 14.9. The van der Waals surface area contributed by atoms with Crippen LogP contribution in [0.4, 0.5) is 5.69 Å². The highest BCUT2D eigenvalue weighted by Crippen LogP contribution is 2.08. The molecule has 0 heterocycles. The molecule has 1 aromatic carbocycles. The molecule has 3 nitrogen and oxygen atoms in total. The first-order chi connectivity index (χ1) is 6.36. The third-order valence-electron chi connectivity index (χ3n) is 1.86. The number of rotatable bonds is 5. The van der Waals surface area contributed by atoms with Crippen molar-refractivity contribution in [3.63, 3.8) is 0 Å². The first-order valence-electron chi connectivity index (χ1n) is 4.59. The largest absolute Gasteiger partial charge is 0.384 e. The van der Waals surface area contributed by atoms with Crippen molar-refractivity contribution in [3.8, 4) is 0 Å². The van der Waals surface area contributed by atoms with E-state index in [0.29, 0.717) is 13.1 Å². The number of hydrogen-bond acceptors (Lipinski definition) is 3. The van der Waals surface area contributed by atoms with Gasteiger partial charge in [0, 0.05) is 18.8 Å². The SMILES string of the molecule is NCCNc1ccc(CCN)cc1. The summed E-state index contributed by atoms with van der Waals surface area (Å²) in [5, 5.41) is 3.21. The number of benzene rings is 1. The fourth-order valence-corrected chi connectivity index (χ4v) is 1.17. The molecule has 0 spiro atoms. The minimum atomic E-state index is 0.657. The molecule has 0 saturated carbocycles. The summed E-state index contributed by atoms with van der Waals surface area (Å²) in [6, 6.07) is 8.29. The average Bonchev–Trinajstić information content (AvgIpc) is 2.17. The maximum atomic E-state index is 5.45. The van der Waals surface area contributed by atoms with E-state index < -0.39 is 0 Å². The first-order valence-corrected chi connectivity index (χ1v) is 4.59. The lowest BCUT2D eigenvalue weighted by Gasteiger charge is -2.05. The van der Waals surface area contributed by atoms with E-state index in [9.17, 15) is 0 Å². The van der Waals surface area contributed by atoms with E-state index in [4.69, 9.17) is 11.5 Å². The Labute approximate surface area is 79.1 Å². The van der Waals surface area contributed by atoms with E-state index in [2.05, 4.69) is 29.6 Å². The van der Waals surface area contributed by atoms with E-state index in [1.807, 2.05) is 0 Å². The minimum Gasteiger partial charge on any atom is -0.384 e. The lowest BCUT2D eigenvalue weighted by atomic mass is 10.1. The molecule has 72 valence electrons. The predicted molar refractivity (Wildman–Crippen MR) is 56.7 cm³/mol. The van der Waals surface area contributed by atoms with Crippen molar-refractivity contribution >= 4 is 5.69 Å². The molecule has 0 fully saturated rings. The summed E-state index contributed by atoms with van der Waals surface area (Å²) in [5.74, 6) is 0. The summed E-state index contributed by atoms with van der Waals surface area (Å²) < 4.78 is 0. The van der Waals surface area contributed by atoms with Crippen LogP contribution >= 0.6 is 0 Å². The van der Waals surface area contributed by atoms with Gasteiger partial charge in [-0.1, -0.05) is 12.1 Å². The standard InChI is InChI=1S/C10H17N3/c11-6-5-9-1-3-10(4-2-9)13-8-7-12/h1-4,13H,5-8,11-12H2. The molecule has 0 radical (unpaired) electrons. The summed E-state index contributed by atoms with van der Waals surface area (Å²) in [4.78, 5) is 0. The van der Waals surface area contributed by atoms with Crippen molar-refractivity contribution in [1.29, 1.82) is 0 Å². The topological polar surface area (TPSA) is 64.1 Å². The molecule has 5 N–H and O–H groups in total. The number of anilines is 1. The zero-order valence-corrected chi connectivity index (χ0v) is 7.79. The Morgan fingerprint density at radius 2 is 1.69 bits per heavy atom. The molecule has 0 saturated heterocycles. The summed E-state index contributed by atoms with van der Waals surface area (Å²) in [6.07, 6.45) is 0.942. The second kappa shape index (κ2) is 5.56. The number of hydrogen-bond donors (Lipinski definition) is 3. The van der Waals surface area contributed by atoms with E-state index in [-0.39, 0.29) is 0 Å². The van der Waals surface area contributed by atoms with Crippen molar-refractivity contribution in [2.45, 2.75) is 6.42 Å². The van der Waals surface area contributed by atoms with Gasteiger partial charge in [-0.05, 0) is 30.7 Å². The molecule has 0 unspecified atom stereocenters. The summed E-state index contributed by atoms with van der Waals surface area (Å²) in [7, 11) is 0. The molecule has 0 aliphatic carbocycles. The van der Waals surface area contributed by atoms with Crippen LogP contribution < -0.4 is 16.8 Å². The fraction of sp³-hybridized carbons (Fsp3) is 0.400. The van der Waals surface area contributed by atoms with Crippen molar-refractivity contribution in [2.75, 3.05) is 25.0 Å². The van der Waals surface area contributed by atoms with Crippen LogP contribution in [0.3, 0.4) is 0 Å². The Hall–Kier alpha value is -1.06. The Bertz CT molecular complexity index is 230. The van der Waals surface area contributed by atoms with Gasteiger partial charge in [0.25, 0.3) is 0 Å². The van der Waals surface area contributed by atoms with Gasteiger partial charge in [0.05, 0.1) is 0 Å². The summed E-state index contributed by atoms with van der Waals surface area (Å²) in [6.45, 7) is 2.18.